The quantitative estimate of drug-likeness (QED) is 0.506. The Balaban J connectivity index is 2.62. The summed E-state index contributed by atoms with van der Waals surface area (Å²) in [4.78, 5) is 4.40. The average molecular weight is 244 g/mol. The number of rotatable bonds is 5. The Hall–Kier alpha value is -0.690. The fraction of sp³-hybridized carbons (Fsp3) is 0.333. The van der Waals surface area contributed by atoms with E-state index in [2.05, 4.69) is 4.98 Å². The van der Waals surface area contributed by atoms with Gasteiger partial charge in [-0.2, -0.15) is 0 Å². The van der Waals surface area contributed by atoms with E-state index in [0.717, 1.165) is 10.6 Å². The Bertz CT molecular complexity index is 347. The molecule has 0 bridgehead atoms. The Morgan fingerprint density at radius 1 is 1.67 bits per heavy atom. The van der Waals surface area contributed by atoms with Crippen LogP contribution in [-0.4, -0.2) is 38.6 Å². The molecule has 0 aliphatic carbocycles. The molecule has 4 nitrogen and oxygen atoms in total. The van der Waals surface area contributed by atoms with Crippen molar-refractivity contribution in [3.8, 4) is 0 Å². The number of aromatic nitrogens is 1. The van der Waals surface area contributed by atoms with Crippen molar-refractivity contribution in [3.05, 3.63) is 23.9 Å². The summed E-state index contributed by atoms with van der Waals surface area (Å²) in [5, 5.41) is 18.5. The van der Waals surface area contributed by atoms with Crippen LogP contribution in [0.15, 0.2) is 23.4 Å². The molecule has 0 aromatic carbocycles. The van der Waals surface area contributed by atoms with Crippen LogP contribution in [0.1, 0.15) is 5.56 Å². The molecular formula is C9H12N2O2S2. The zero-order valence-corrected chi connectivity index (χ0v) is 9.59. The molecule has 82 valence electrons. The van der Waals surface area contributed by atoms with E-state index in [-0.39, 0.29) is 6.61 Å². The number of thioether (sulfide) groups is 1. The largest absolute Gasteiger partial charge is 0.394 e. The monoisotopic (exact) mass is 244 g/mol. The van der Waals surface area contributed by atoms with Crippen LogP contribution in [0.4, 0.5) is 0 Å². The molecule has 1 atom stereocenters. The molecule has 4 N–H and O–H groups in total. The molecule has 0 radical (unpaired) electrons. The van der Waals surface area contributed by atoms with Crippen LogP contribution < -0.4 is 5.73 Å². The van der Waals surface area contributed by atoms with Gasteiger partial charge in [0.25, 0.3) is 0 Å². The average Bonchev–Trinajstić information content (AvgIpc) is 2.26. The summed E-state index contributed by atoms with van der Waals surface area (Å²) in [7, 11) is 0. The van der Waals surface area contributed by atoms with Gasteiger partial charge in [0.05, 0.1) is 17.7 Å². The SMILES string of the molecule is NC(=S)c1ccnc(SCC(O)CO)c1. The number of nitrogens with two attached hydrogens (primary N) is 1. The van der Waals surface area contributed by atoms with E-state index < -0.39 is 6.10 Å². The zero-order valence-electron chi connectivity index (χ0n) is 7.96. The predicted octanol–water partition coefficient (Wildman–Crippen LogP) is 0.161. The van der Waals surface area contributed by atoms with E-state index >= 15 is 0 Å². The lowest BCUT2D eigenvalue weighted by atomic mass is 10.3. The van der Waals surface area contributed by atoms with Crippen LogP contribution in [0, 0.1) is 0 Å². The number of nitrogens with zero attached hydrogens (tertiary/aromatic N) is 1. The second-order valence-corrected chi connectivity index (χ2v) is 4.37. The van der Waals surface area contributed by atoms with Crippen molar-refractivity contribution in [2.75, 3.05) is 12.4 Å². The summed E-state index contributed by atoms with van der Waals surface area (Å²) < 4.78 is 0. The summed E-state index contributed by atoms with van der Waals surface area (Å²) >= 11 is 6.18. The van der Waals surface area contributed by atoms with Gasteiger partial charge in [-0.1, -0.05) is 12.2 Å². The van der Waals surface area contributed by atoms with Gasteiger partial charge in [0.15, 0.2) is 0 Å². The minimum absolute atomic E-state index is 0.248. The van der Waals surface area contributed by atoms with Crippen molar-refractivity contribution >= 4 is 29.0 Å². The molecule has 0 fully saturated rings. The Morgan fingerprint density at radius 3 is 3.00 bits per heavy atom. The molecule has 1 heterocycles. The standard InChI is InChI=1S/C9H12N2O2S2/c10-9(14)6-1-2-11-8(3-6)15-5-7(13)4-12/h1-3,7,12-13H,4-5H2,(H2,10,14). The minimum Gasteiger partial charge on any atom is -0.394 e. The van der Waals surface area contributed by atoms with E-state index in [9.17, 15) is 0 Å². The number of thiocarbonyl (C=S) groups is 1. The normalized spacial score (nSPS) is 12.4. The van der Waals surface area contributed by atoms with Crippen LogP contribution in [-0.2, 0) is 0 Å². The van der Waals surface area contributed by atoms with E-state index in [1.54, 1.807) is 18.3 Å². The van der Waals surface area contributed by atoms with Gasteiger partial charge in [-0.15, -0.1) is 11.8 Å². The predicted molar refractivity (Wildman–Crippen MR) is 63.9 cm³/mol. The maximum Gasteiger partial charge on any atom is 0.104 e. The Morgan fingerprint density at radius 2 is 2.40 bits per heavy atom. The topological polar surface area (TPSA) is 79.4 Å². The van der Waals surface area contributed by atoms with Crippen molar-refractivity contribution in [3.63, 3.8) is 0 Å². The molecule has 0 saturated heterocycles. The lowest BCUT2D eigenvalue weighted by Gasteiger charge is -2.06. The number of aliphatic hydroxyl groups is 2. The number of hydrogen-bond donors (Lipinski definition) is 3. The van der Waals surface area contributed by atoms with Crippen molar-refractivity contribution in [1.29, 1.82) is 0 Å². The van der Waals surface area contributed by atoms with E-state index in [0.29, 0.717) is 10.7 Å². The smallest absolute Gasteiger partial charge is 0.104 e. The fourth-order valence-electron chi connectivity index (χ4n) is 0.876. The maximum absolute atomic E-state index is 9.15. The highest BCUT2D eigenvalue weighted by Gasteiger charge is 2.05. The van der Waals surface area contributed by atoms with Crippen molar-refractivity contribution in [2.45, 2.75) is 11.1 Å². The van der Waals surface area contributed by atoms with Gasteiger partial charge in [-0.25, -0.2) is 4.98 Å². The van der Waals surface area contributed by atoms with Crippen LogP contribution in [0.3, 0.4) is 0 Å². The Labute approximate surface area is 97.5 Å². The first-order valence-corrected chi connectivity index (χ1v) is 5.70. The first-order valence-electron chi connectivity index (χ1n) is 4.31. The molecule has 1 aromatic rings. The van der Waals surface area contributed by atoms with E-state index in [1.807, 2.05) is 0 Å². The highest BCUT2D eigenvalue weighted by Crippen LogP contribution is 2.17. The van der Waals surface area contributed by atoms with Crippen molar-refractivity contribution < 1.29 is 10.2 Å². The summed E-state index contributed by atoms with van der Waals surface area (Å²) in [6.07, 6.45) is 0.882. The molecule has 1 rings (SSSR count). The van der Waals surface area contributed by atoms with Crippen LogP contribution in [0.25, 0.3) is 0 Å². The second kappa shape index (κ2) is 6.02. The molecule has 1 aromatic heterocycles. The first kappa shape index (κ1) is 12.4. The highest BCUT2D eigenvalue weighted by molar-refractivity contribution is 7.99. The number of pyridine rings is 1. The third-order valence-electron chi connectivity index (χ3n) is 1.65. The molecule has 0 aliphatic heterocycles. The summed E-state index contributed by atoms with van der Waals surface area (Å²) in [5.74, 6) is 0.393. The number of hydrogen-bond acceptors (Lipinski definition) is 5. The first-order chi connectivity index (χ1) is 7.13. The van der Waals surface area contributed by atoms with Gasteiger partial charge in [0.2, 0.25) is 0 Å². The molecule has 1 unspecified atom stereocenters. The summed E-state index contributed by atoms with van der Waals surface area (Å²) in [6, 6.07) is 3.49. The van der Waals surface area contributed by atoms with Crippen LogP contribution in [0.5, 0.6) is 0 Å². The van der Waals surface area contributed by atoms with Gasteiger partial charge >= 0.3 is 0 Å². The highest BCUT2D eigenvalue weighted by atomic mass is 32.2. The zero-order chi connectivity index (χ0) is 11.3. The fourth-order valence-corrected chi connectivity index (χ4v) is 1.82. The molecule has 0 amide bonds. The molecule has 6 heteroatoms. The van der Waals surface area contributed by atoms with E-state index in [1.165, 1.54) is 11.8 Å². The van der Waals surface area contributed by atoms with Crippen LogP contribution in [0.2, 0.25) is 0 Å². The van der Waals surface area contributed by atoms with Crippen molar-refractivity contribution in [2.24, 2.45) is 5.73 Å². The Kier molecular flexibility index (Phi) is 4.97. The van der Waals surface area contributed by atoms with E-state index in [4.69, 9.17) is 28.2 Å². The molecule has 0 spiro atoms. The third kappa shape index (κ3) is 4.13. The molecule has 0 aliphatic rings. The summed E-state index contributed by atoms with van der Waals surface area (Å²) in [5.41, 5.74) is 6.22. The van der Waals surface area contributed by atoms with Gasteiger partial charge in [0, 0.05) is 17.5 Å². The summed E-state index contributed by atoms with van der Waals surface area (Å²) in [6.45, 7) is -0.248. The van der Waals surface area contributed by atoms with Crippen LogP contribution >= 0.6 is 24.0 Å². The van der Waals surface area contributed by atoms with Crippen molar-refractivity contribution in [1.82, 2.24) is 4.98 Å². The maximum atomic E-state index is 9.15. The van der Waals surface area contributed by atoms with Gasteiger partial charge in [-0.3, -0.25) is 0 Å². The third-order valence-corrected chi connectivity index (χ3v) is 2.96. The molecule has 15 heavy (non-hydrogen) atoms. The second-order valence-electron chi connectivity index (χ2n) is 2.89. The minimum atomic E-state index is -0.731. The van der Waals surface area contributed by atoms with Gasteiger partial charge in [0.1, 0.15) is 4.99 Å². The molecule has 0 saturated carbocycles. The van der Waals surface area contributed by atoms with Gasteiger partial charge < -0.3 is 15.9 Å². The van der Waals surface area contributed by atoms with Gasteiger partial charge in [-0.05, 0) is 12.1 Å². The molecular weight excluding hydrogens is 232 g/mol. The lowest BCUT2D eigenvalue weighted by molar-refractivity contribution is 0.113. The number of aliphatic hydroxyl groups excluding tert-OH is 2. The lowest BCUT2D eigenvalue weighted by Crippen LogP contribution is -2.15.